The third-order valence-electron chi connectivity index (χ3n) is 10.9. The molecule has 5 rings (SSSR count). The number of amides is 2. The van der Waals surface area contributed by atoms with Crippen molar-refractivity contribution >= 4 is 68.7 Å². The van der Waals surface area contributed by atoms with Gasteiger partial charge >= 0.3 is 5.97 Å². The van der Waals surface area contributed by atoms with E-state index < -0.39 is 21.0 Å². The van der Waals surface area contributed by atoms with Gasteiger partial charge in [-0.25, -0.2) is 20.0 Å². The average Bonchev–Trinajstić information content (AvgIpc) is 3.96. The number of amidine groups is 1. The largest absolute Gasteiger partial charge is 0.423 e. The Kier molecular flexibility index (Phi) is 31.2. The van der Waals surface area contributed by atoms with Gasteiger partial charge in [0.15, 0.2) is 5.75 Å². The summed E-state index contributed by atoms with van der Waals surface area (Å²) < 4.78 is 91.5. The maximum atomic E-state index is 13.5. The number of aliphatic imine (C=N–C) groups is 1. The number of ether oxygens (including phenoxy) is 11. The molecule has 29 heteroatoms. The van der Waals surface area contributed by atoms with Crippen LogP contribution in [0.2, 0.25) is 10.0 Å². The van der Waals surface area contributed by atoms with Crippen LogP contribution in [0.15, 0.2) is 70.4 Å². The third kappa shape index (κ3) is 26.5. The van der Waals surface area contributed by atoms with E-state index in [1.54, 1.807) is 37.7 Å². The SMILES string of the molecule is CCON(Cc1cc[nH]n1)C(=O)C1=Cc2ccc(-c3cnc(CNC(=O)CCOCCOCCOCCOCCOCCOCCOCCOCCOCCOCCC(=O)Oc4c(Cl)cc(S(=O)(=O)O)cc4Cl)nc3)cc2N=C(N)C1. The standard InChI is InChI=1S/C52H70Cl2N8O18S/c1-2-79-62(37-42-5-8-59-61-42)52(65)40-29-39-4-3-38(30-46(39)60-47(55)31-40)41-34-56-48(57-35-41)36-58-49(63)6-9-69-11-13-71-15-17-73-19-21-75-23-25-77-27-28-78-26-24-76-22-20-74-18-16-72-14-12-70-10-7-50(64)80-51-44(53)32-43(33-45(51)54)81(66,67)68/h3-5,8,29-30,32-35H,2,6-7,9-28,31,36-37H2,1H3,(H2,55,60)(H,58,63)(H,59,61)(H,66,67,68). The molecule has 5 N–H and O–H groups in total. The molecule has 2 aromatic carbocycles. The average molecular weight is 1200 g/mol. The van der Waals surface area contributed by atoms with Crippen LogP contribution in [0.3, 0.4) is 0 Å². The van der Waals surface area contributed by atoms with Crippen LogP contribution in [0.1, 0.15) is 43.3 Å². The van der Waals surface area contributed by atoms with Crippen molar-refractivity contribution in [3.63, 3.8) is 0 Å². The molecule has 1 aliphatic heterocycles. The Morgan fingerprint density at radius 1 is 0.691 bits per heavy atom. The predicted octanol–water partition coefficient (Wildman–Crippen LogP) is 4.34. The second-order valence-electron chi connectivity index (χ2n) is 17.0. The summed E-state index contributed by atoms with van der Waals surface area (Å²) in [4.78, 5) is 56.5. The summed E-state index contributed by atoms with van der Waals surface area (Å²) in [6.07, 6.45) is 6.99. The number of nitrogens with zero attached hydrogens (tertiary/aromatic N) is 5. The summed E-state index contributed by atoms with van der Waals surface area (Å²) >= 11 is 11.9. The normalized spacial score (nSPS) is 12.4. The molecule has 0 radical (unpaired) electrons. The van der Waals surface area contributed by atoms with Crippen LogP contribution in [0.25, 0.3) is 17.2 Å². The zero-order chi connectivity index (χ0) is 57.9. The highest BCUT2D eigenvalue weighted by atomic mass is 35.5. The molecule has 0 aliphatic carbocycles. The van der Waals surface area contributed by atoms with Gasteiger partial charge in [-0.3, -0.25) is 28.9 Å². The lowest BCUT2D eigenvalue weighted by molar-refractivity contribution is -0.184. The number of nitrogens with two attached hydrogens (primary N) is 1. The maximum Gasteiger partial charge on any atom is 0.313 e. The molecule has 2 aromatic heterocycles. The Balaban J connectivity index is 0.742. The fraction of sp³-hybridized carbons (Fsp3) is 0.519. The molecule has 0 spiro atoms. The molecule has 1 aliphatic rings. The van der Waals surface area contributed by atoms with Gasteiger partial charge in [0.2, 0.25) is 5.91 Å². The monoisotopic (exact) mass is 1200 g/mol. The number of benzene rings is 2. The van der Waals surface area contributed by atoms with Crippen LogP contribution >= 0.6 is 23.2 Å². The van der Waals surface area contributed by atoms with Crippen LogP contribution in [0, 0.1) is 0 Å². The van der Waals surface area contributed by atoms with Crippen molar-refractivity contribution in [1.29, 1.82) is 0 Å². The van der Waals surface area contributed by atoms with E-state index >= 15 is 0 Å². The summed E-state index contributed by atoms with van der Waals surface area (Å²) in [5, 5.41) is 10.5. The molecular weight excluding hydrogens is 1130 g/mol. The van der Waals surface area contributed by atoms with Crippen molar-refractivity contribution in [2.24, 2.45) is 10.7 Å². The maximum absolute atomic E-state index is 13.5. The first-order valence-corrected chi connectivity index (χ1v) is 28.1. The number of hydrogen-bond acceptors (Lipinski definition) is 22. The lowest BCUT2D eigenvalue weighted by atomic mass is 10.0. The summed E-state index contributed by atoms with van der Waals surface area (Å²) in [6.45, 7) is 9.60. The molecule has 446 valence electrons. The summed E-state index contributed by atoms with van der Waals surface area (Å²) in [5.41, 5.74) is 10.2. The van der Waals surface area contributed by atoms with Crippen molar-refractivity contribution in [3.05, 3.63) is 87.7 Å². The second kappa shape index (κ2) is 38.2. The van der Waals surface area contributed by atoms with Crippen molar-refractivity contribution in [2.75, 3.05) is 139 Å². The van der Waals surface area contributed by atoms with Crippen molar-refractivity contribution in [2.45, 2.75) is 44.2 Å². The minimum Gasteiger partial charge on any atom is -0.423 e. The predicted molar refractivity (Wildman–Crippen MR) is 293 cm³/mol. The Morgan fingerprint density at radius 2 is 1.19 bits per heavy atom. The molecule has 4 aromatic rings. The Labute approximate surface area is 479 Å². The van der Waals surface area contributed by atoms with Gasteiger partial charge in [0, 0.05) is 48.1 Å². The Hall–Kier alpha value is -5.60. The number of fused-ring (bicyclic) bond motifs is 1. The molecule has 2 amide bonds. The van der Waals surface area contributed by atoms with E-state index in [9.17, 15) is 22.8 Å². The van der Waals surface area contributed by atoms with E-state index in [0.29, 0.717) is 135 Å². The highest BCUT2D eigenvalue weighted by molar-refractivity contribution is 7.85. The van der Waals surface area contributed by atoms with Gasteiger partial charge in [-0.05, 0) is 42.8 Å². The first kappa shape index (κ1) is 66.2. The summed E-state index contributed by atoms with van der Waals surface area (Å²) in [6, 6.07) is 9.23. The number of esters is 1. The first-order valence-electron chi connectivity index (χ1n) is 25.9. The van der Waals surface area contributed by atoms with Crippen LogP contribution in [-0.4, -0.2) is 201 Å². The molecule has 0 fully saturated rings. The minimum absolute atomic E-state index is 0.0416. The van der Waals surface area contributed by atoms with E-state index in [-0.39, 0.29) is 92.2 Å². The number of carbonyl (C=O) groups is 3. The Bertz CT molecular complexity index is 2670. The molecule has 0 saturated heterocycles. The fourth-order valence-electron chi connectivity index (χ4n) is 6.94. The number of carbonyl (C=O) groups excluding carboxylic acids is 3. The van der Waals surface area contributed by atoms with Crippen LogP contribution in [-0.2, 0) is 89.8 Å². The highest BCUT2D eigenvalue weighted by Crippen LogP contribution is 2.36. The lowest BCUT2D eigenvalue weighted by Crippen LogP contribution is -2.33. The van der Waals surface area contributed by atoms with E-state index in [1.165, 1.54) is 5.06 Å². The number of halogens is 2. The zero-order valence-corrected chi connectivity index (χ0v) is 47.4. The van der Waals surface area contributed by atoms with Gasteiger partial charge in [0.25, 0.3) is 16.0 Å². The van der Waals surface area contributed by atoms with Crippen molar-refractivity contribution in [3.8, 4) is 16.9 Å². The number of hydrogen-bond donors (Lipinski definition) is 4. The molecule has 0 saturated carbocycles. The highest BCUT2D eigenvalue weighted by Gasteiger charge is 2.24. The minimum atomic E-state index is -4.53. The van der Waals surface area contributed by atoms with Gasteiger partial charge in [-0.15, -0.1) is 0 Å². The molecule has 0 bridgehead atoms. The smallest absolute Gasteiger partial charge is 0.313 e. The lowest BCUT2D eigenvalue weighted by Gasteiger charge is -2.21. The first-order chi connectivity index (χ1) is 39.3. The van der Waals surface area contributed by atoms with Gasteiger partial charge in [0.1, 0.15) is 11.7 Å². The molecule has 3 heterocycles. The van der Waals surface area contributed by atoms with Crippen LogP contribution in [0.4, 0.5) is 5.69 Å². The zero-order valence-electron chi connectivity index (χ0n) is 45.0. The van der Waals surface area contributed by atoms with Gasteiger partial charge in [0.05, 0.1) is 185 Å². The van der Waals surface area contributed by atoms with E-state index in [2.05, 4.69) is 30.5 Å². The molecule has 81 heavy (non-hydrogen) atoms. The van der Waals surface area contributed by atoms with Crippen molar-refractivity contribution in [1.82, 2.24) is 30.5 Å². The third-order valence-corrected chi connectivity index (χ3v) is 12.3. The molecule has 0 atom stereocenters. The second-order valence-corrected chi connectivity index (χ2v) is 19.2. The number of aromatic nitrogens is 4. The van der Waals surface area contributed by atoms with E-state index in [1.807, 2.05) is 18.2 Å². The number of hydroxylamine groups is 2. The molecule has 0 unspecified atom stereocenters. The Morgan fingerprint density at radius 3 is 1.65 bits per heavy atom. The van der Waals surface area contributed by atoms with Crippen LogP contribution in [0.5, 0.6) is 5.75 Å². The quantitative estimate of drug-likeness (QED) is 0.0157. The number of aromatic amines is 1. The summed E-state index contributed by atoms with van der Waals surface area (Å²) in [5.74, 6) is -0.719. The van der Waals surface area contributed by atoms with Gasteiger partial charge < -0.3 is 63.2 Å². The van der Waals surface area contributed by atoms with Crippen LogP contribution < -0.4 is 15.8 Å². The topological polar surface area (TPSA) is 324 Å². The van der Waals surface area contributed by atoms with E-state index in [4.69, 9.17) is 90.4 Å². The molecule has 26 nitrogen and oxygen atoms in total. The number of H-pyrrole nitrogens is 1. The van der Waals surface area contributed by atoms with Crippen molar-refractivity contribution < 1.29 is 84.3 Å². The molecular formula is C52H70Cl2N8O18S. The fourth-order valence-corrected chi connectivity index (χ4v) is 8.16. The summed E-state index contributed by atoms with van der Waals surface area (Å²) in [7, 11) is -4.53. The number of rotatable bonds is 43. The number of nitrogens with one attached hydrogen (secondary N) is 2. The van der Waals surface area contributed by atoms with E-state index in [0.717, 1.165) is 28.8 Å². The van der Waals surface area contributed by atoms with Gasteiger partial charge in [-0.1, -0.05) is 35.3 Å². The van der Waals surface area contributed by atoms with Gasteiger partial charge in [-0.2, -0.15) is 13.5 Å².